The third-order valence-electron chi connectivity index (χ3n) is 6.87. The van der Waals surface area contributed by atoms with Crippen LogP contribution in [-0.4, -0.2) is 44.0 Å². The number of carbonyl (C=O) groups is 1. The second kappa shape index (κ2) is 9.12. The van der Waals surface area contributed by atoms with Crippen LogP contribution in [0.5, 0.6) is 0 Å². The Morgan fingerprint density at radius 3 is 2.39 bits per heavy atom. The van der Waals surface area contributed by atoms with Crippen LogP contribution in [0.15, 0.2) is 71.9 Å². The van der Waals surface area contributed by atoms with Crippen molar-refractivity contribution in [1.82, 2.24) is 9.88 Å². The molecule has 36 heavy (non-hydrogen) atoms. The number of benzene rings is 2. The van der Waals surface area contributed by atoms with Crippen molar-refractivity contribution < 1.29 is 26.4 Å². The van der Waals surface area contributed by atoms with E-state index in [0.29, 0.717) is 31.6 Å². The highest BCUT2D eigenvalue weighted by Crippen LogP contribution is 2.48. The van der Waals surface area contributed by atoms with Gasteiger partial charge >= 0.3 is 6.03 Å². The van der Waals surface area contributed by atoms with Crippen molar-refractivity contribution in [2.24, 2.45) is 0 Å². The van der Waals surface area contributed by atoms with Crippen LogP contribution in [0.4, 0.5) is 29.3 Å². The maximum Gasteiger partial charge on any atom is 0.321 e. The number of halogens is 3. The molecule has 0 radical (unpaired) electrons. The zero-order valence-electron chi connectivity index (χ0n) is 19.1. The molecule has 0 aliphatic carbocycles. The number of hydrogen-bond acceptors (Lipinski definition) is 4. The summed E-state index contributed by atoms with van der Waals surface area (Å²) in [4.78, 5) is 18.0. The SMILES string of the molecule is O=C(Nc1cncc(F)c1)N1CCC2(CC1)CN(S(=O)(=O)c1ccc(C(F)F)cc1)c1ccccc12. The number of nitrogens with one attached hydrogen (secondary N) is 1. The van der Waals surface area contributed by atoms with Gasteiger partial charge < -0.3 is 10.2 Å². The van der Waals surface area contributed by atoms with Crippen molar-refractivity contribution in [2.45, 2.75) is 29.6 Å². The van der Waals surface area contributed by atoms with Gasteiger partial charge in [0.25, 0.3) is 16.4 Å². The Bertz CT molecular complexity index is 1390. The molecule has 1 saturated heterocycles. The summed E-state index contributed by atoms with van der Waals surface area (Å²) in [5, 5.41) is 2.64. The van der Waals surface area contributed by atoms with Gasteiger partial charge in [-0.1, -0.05) is 30.3 Å². The van der Waals surface area contributed by atoms with E-state index in [1.807, 2.05) is 12.1 Å². The molecule has 2 amide bonds. The van der Waals surface area contributed by atoms with Crippen LogP contribution < -0.4 is 9.62 Å². The smallest absolute Gasteiger partial charge is 0.321 e. The zero-order chi connectivity index (χ0) is 25.5. The third kappa shape index (κ3) is 4.27. The molecule has 188 valence electrons. The number of nitrogens with zero attached hydrogens (tertiary/aromatic N) is 3. The van der Waals surface area contributed by atoms with E-state index in [0.717, 1.165) is 23.9 Å². The Morgan fingerprint density at radius 2 is 1.72 bits per heavy atom. The minimum Gasteiger partial charge on any atom is -0.324 e. The number of para-hydroxylation sites is 1. The lowest BCUT2D eigenvalue weighted by atomic mass is 9.74. The molecule has 1 fully saturated rings. The molecule has 7 nitrogen and oxygen atoms in total. The van der Waals surface area contributed by atoms with E-state index in [2.05, 4.69) is 10.3 Å². The summed E-state index contributed by atoms with van der Waals surface area (Å²) >= 11 is 0. The number of urea groups is 1. The summed E-state index contributed by atoms with van der Waals surface area (Å²) in [6, 6.07) is 12.7. The number of amides is 2. The number of carbonyl (C=O) groups excluding carboxylic acids is 1. The summed E-state index contributed by atoms with van der Waals surface area (Å²) in [6.45, 7) is 0.939. The molecule has 1 aromatic heterocycles. The molecule has 2 aliphatic rings. The molecule has 3 aromatic rings. The number of sulfonamides is 1. The highest BCUT2D eigenvalue weighted by molar-refractivity contribution is 7.92. The molecule has 3 heterocycles. The van der Waals surface area contributed by atoms with Gasteiger partial charge in [0, 0.05) is 36.7 Å². The fraction of sp³-hybridized carbons (Fsp3) is 0.280. The predicted octanol–water partition coefficient (Wildman–Crippen LogP) is 4.93. The van der Waals surface area contributed by atoms with Crippen molar-refractivity contribution in [1.29, 1.82) is 0 Å². The molecule has 2 aromatic carbocycles. The van der Waals surface area contributed by atoms with Gasteiger partial charge in [-0.3, -0.25) is 9.29 Å². The van der Waals surface area contributed by atoms with E-state index < -0.39 is 27.7 Å². The van der Waals surface area contributed by atoms with E-state index in [4.69, 9.17) is 0 Å². The lowest BCUT2D eigenvalue weighted by molar-refractivity contribution is 0.151. The number of rotatable bonds is 4. The maximum atomic E-state index is 13.5. The number of pyridine rings is 1. The van der Waals surface area contributed by atoms with Crippen molar-refractivity contribution in [3.05, 3.63) is 83.9 Å². The number of piperidine rings is 1. The van der Waals surface area contributed by atoms with Gasteiger partial charge in [0.1, 0.15) is 5.82 Å². The molecule has 2 aliphatic heterocycles. The fourth-order valence-corrected chi connectivity index (χ4v) is 6.53. The molecule has 0 bridgehead atoms. The molecule has 1 N–H and O–H groups in total. The lowest BCUT2D eigenvalue weighted by Crippen LogP contribution is -2.48. The molecule has 11 heteroatoms. The van der Waals surface area contributed by atoms with Gasteiger partial charge in [-0.2, -0.15) is 0 Å². The predicted molar refractivity (Wildman–Crippen MR) is 128 cm³/mol. The van der Waals surface area contributed by atoms with Crippen molar-refractivity contribution in [3.8, 4) is 0 Å². The second-order valence-corrected chi connectivity index (χ2v) is 10.9. The van der Waals surface area contributed by atoms with Crippen LogP contribution in [-0.2, 0) is 15.4 Å². The second-order valence-electron chi connectivity index (χ2n) is 8.99. The van der Waals surface area contributed by atoms with Crippen LogP contribution in [0.3, 0.4) is 0 Å². The van der Waals surface area contributed by atoms with E-state index >= 15 is 0 Å². The quantitative estimate of drug-likeness (QED) is 0.533. The van der Waals surface area contributed by atoms with Crippen LogP contribution in [0, 0.1) is 5.82 Å². The summed E-state index contributed by atoms with van der Waals surface area (Å²) in [7, 11) is -3.99. The number of anilines is 2. The monoisotopic (exact) mass is 516 g/mol. The third-order valence-corrected chi connectivity index (χ3v) is 8.65. The van der Waals surface area contributed by atoms with Gasteiger partial charge in [0.05, 0.1) is 28.7 Å². The van der Waals surface area contributed by atoms with Gasteiger partial charge in [0.15, 0.2) is 0 Å². The Morgan fingerprint density at radius 1 is 1.03 bits per heavy atom. The summed E-state index contributed by atoms with van der Waals surface area (Å²) in [5.41, 5.74) is 0.948. The van der Waals surface area contributed by atoms with Gasteiger partial charge in [-0.25, -0.2) is 26.4 Å². The van der Waals surface area contributed by atoms with Gasteiger partial charge in [0.2, 0.25) is 0 Å². The Labute approximate surface area is 206 Å². The molecule has 0 atom stereocenters. The first-order valence-electron chi connectivity index (χ1n) is 11.4. The summed E-state index contributed by atoms with van der Waals surface area (Å²) in [5.74, 6) is -0.557. The fourth-order valence-electron chi connectivity index (χ4n) is 4.96. The molecular formula is C25H23F3N4O3S. The Hall–Kier alpha value is -3.60. The largest absolute Gasteiger partial charge is 0.324 e. The Balaban J connectivity index is 1.36. The minimum absolute atomic E-state index is 0.0562. The molecule has 0 saturated carbocycles. The average molecular weight is 517 g/mol. The lowest BCUT2D eigenvalue weighted by Gasteiger charge is -2.39. The first kappa shape index (κ1) is 24.1. The van der Waals surface area contributed by atoms with Crippen LogP contribution in [0.25, 0.3) is 0 Å². The normalized spacial score (nSPS) is 16.9. The van der Waals surface area contributed by atoms with E-state index in [1.165, 1.54) is 28.7 Å². The first-order chi connectivity index (χ1) is 17.2. The van der Waals surface area contributed by atoms with E-state index in [1.54, 1.807) is 17.0 Å². The topological polar surface area (TPSA) is 82.6 Å². The number of likely N-dealkylation sites (tertiary alicyclic amines) is 1. The molecule has 0 unspecified atom stereocenters. The Kier molecular flexibility index (Phi) is 6.11. The number of alkyl halides is 2. The molecule has 1 spiro atoms. The van der Waals surface area contributed by atoms with Crippen molar-refractivity contribution in [3.63, 3.8) is 0 Å². The highest BCUT2D eigenvalue weighted by Gasteiger charge is 2.48. The highest BCUT2D eigenvalue weighted by atomic mass is 32.2. The van der Waals surface area contributed by atoms with Crippen molar-refractivity contribution in [2.75, 3.05) is 29.3 Å². The van der Waals surface area contributed by atoms with Crippen LogP contribution >= 0.6 is 0 Å². The van der Waals surface area contributed by atoms with Crippen LogP contribution in [0.2, 0.25) is 0 Å². The number of fused-ring (bicyclic) bond motifs is 2. The van der Waals surface area contributed by atoms with Gasteiger partial charge in [-0.05, 0) is 36.6 Å². The first-order valence-corrected chi connectivity index (χ1v) is 12.8. The summed E-state index contributed by atoms with van der Waals surface area (Å²) < 4.78 is 67.7. The minimum atomic E-state index is -3.99. The van der Waals surface area contributed by atoms with Crippen molar-refractivity contribution >= 4 is 27.4 Å². The molecular weight excluding hydrogens is 493 g/mol. The summed E-state index contributed by atoms with van der Waals surface area (Å²) in [6.07, 6.45) is 0.767. The maximum absolute atomic E-state index is 13.5. The zero-order valence-corrected chi connectivity index (χ0v) is 19.9. The van der Waals surface area contributed by atoms with E-state index in [9.17, 15) is 26.4 Å². The van der Waals surface area contributed by atoms with E-state index in [-0.39, 0.29) is 28.7 Å². The standard InChI is InChI=1S/C25H23F3N4O3S/c26-18-13-19(15-29-14-18)30-24(33)31-11-9-25(10-12-31)16-32(22-4-2-1-3-21(22)25)36(34,35)20-7-5-17(6-8-20)23(27)28/h1-8,13-15,23H,9-12,16H2,(H,30,33). The molecule has 5 rings (SSSR count). The average Bonchev–Trinajstić information content (AvgIpc) is 3.19. The van der Waals surface area contributed by atoms with Crippen LogP contribution in [0.1, 0.15) is 30.4 Å². The van der Waals surface area contributed by atoms with Gasteiger partial charge in [-0.15, -0.1) is 0 Å². The number of hydrogen-bond donors (Lipinski definition) is 1. The number of aromatic nitrogens is 1.